The number of hydrogen-bond donors (Lipinski definition) is 2. The molecule has 0 saturated carbocycles. The molecule has 1 fully saturated rings. The minimum Gasteiger partial charge on any atom is -0.314 e. The minimum absolute atomic E-state index is 0.746. The van der Waals surface area contributed by atoms with Crippen molar-refractivity contribution in [3.8, 4) is 0 Å². The van der Waals surface area contributed by atoms with E-state index in [9.17, 15) is 0 Å². The first-order valence-electron chi connectivity index (χ1n) is 4.87. The predicted molar refractivity (Wildman–Crippen MR) is 48.8 cm³/mol. The van der Waals surface area contributed by atoms with E-state index < -0.39 is 0 Å². The Morgan fingerprint density at radius 3 is 2.82 bits per heavy atom. The molecule has 1 aliphatic heterocycles. The number of unbranched alkanes of at least 4 members (excludes halogenated alkanes) is 2. The Labute approximate surface area is 69.8 Å². The van der Waals surface area contributed by atoms with Gasteiger partial charge in [0, 0.05) is 25.7 Å². The second-order valence-electron chi connectivity index (χ2n) is 3.35. The van der Waals surface area contributed by atoms with Crippen molar-refractivity contribution in [1.82, 2.24) is 10.6 Å². The first kappa shape index (κ1) is 9.01. The molecule has 1 saturated heterocycles. The van der Waals surface area contributed by atoms with Crippen LogP contribution in [0.15, 0.2) is 0 Å². The number of rotatable bonds is 4. The predicted octanol–water partition coefficient (Wildman–Crippen LogP) is 1.13. The van der Waals surface area contributed by atoms with E-state index in [0.717, 1.165) is 19.1 Å². The summed E-state index contributed by atoms with van der Waals surface area (Å²) in [7, 11) is 0. The highest BCUT2D eigenvalue weighted by molar-refractivity contribution is 4.74. The molecule has 0 bridgehead atoms. The highest BCUT2D eigenvalue weighted by atomic mass is 15.0. The molecule has 1 aliphatic rings. The Kier molecular flexibility index (Phi) is 4.55. The van der Waals surface area contributed by atoms with E-state index in [-0.39, 0.29) is 0 Å². The maximum absolute atomic E-state index is 3.52. The highest BCUT2D eigenvalue weighted by Crippen LogP contribution is 2.03. The fraction of sp³-hybridized carbons (Fsp3) is 1.00. The zero-order valence-corrected chi connectivity index (χ0v) is 7.53. The van der Waals surface area contributed by atoms with Gasteiger partial charge < -0.3 is 10.6 Å². The molecule has 1 rings (SSSR count). The van der Waals surface area contributed by atoms with Gasteiger partial charge in [0.25, 0.3) is 0 Å². The second kappa shape index (κ2) is 5.56. The molecule has 66 valence electrons. The molecule has 2 N–H and O–H groups in total. The van der Waals surface area contributed by atoms with Gasteiger partial charge in [0.1, 0.15) is 0 Å². The standard InChI is InChI=1S/C9H20N2/c1-2-3-4-5-9-8-10-6-7-11-9/h9-11H,2-8H2,1H3/t9-/m0/s1. The lowest BCUT2D eigenvalue weighted by atomic mass is 10.1. The quantitative estimate of drug-likeness (QED) is 0.596. The van der Waals surface area contributed by atoms with Crippen molar-refractivity contribution >= 4 is 0 Å². The summed E-state index contributed by atoms with van der Waals surface area (Å²) < 4.78 is 0. The van der Waals surface area contributed by atoms with Crippen LogP contribution in [0.2, 0.25) is 0 Å². The summed E-state index contributed by atoms with van der Waals surface area (Å²) in [5.74, 6) is 0. The van der Waals surface area contributed by atoms with Crippen molar-refractivity contribution in [2.45, 2.75) is 38.6 Å². The lowest BCUT2D eigenvalue weighted by molar-refractivity contribution is 0.388. The lowest BCUT2D eigenvalue weighted by Gasteiger charge is -2.24. The van der Waals surface area contributed by atoms with Crippen LogP contribution in [0.4, 0.5) is 0 Å². The van der Waals surface area contributed by atoms with Gasteiger partial charge in [0.15, 0.2) is 0 Å². The zero-order chi connectivity index (χ0) is 7.94. The summed E-state index contributed by atoms with van der Waals surface area (Å²) in [6, 6.07) is 0.746. The van der Waals surface area contributed by atoms with Crippen LogP contribution in [-0.2, 0) is 0 Å². The molecule has 1 atom stereocenters. The van der Waals surface area contributed by atoms with Crippen LogP contribution in [0.3, 0.4) is 0 Å². The number of hydrogen-bond acceptors (Lipinski definition) is 2. The third-order valence-electron chi connectivity index (χ3n) is 2.28. The Hall–Kier alpha value is -0.0800. The van der Waals surface area contributed by atoms with Crippen molar-refractivity contribution in [3.63, 3.8) is 0 Å². The molecule has 0 aromatic rings. The van der Waals surface area contributed by atoms with E-state index in [1.165, 1.54) is 32.2 Å². The molecule has 2 nitrogen and oxygen atoms in total. The largest absolute Gasteiger partial charge is 0.314 e. The molecule has 0 amide bonds. The van der Waals surface area contributed by atoms with Crippen LogP contribution in [0.25, 0.3) is 0 Å². The van der Waals surface area contributed by atoms with Gasteiger partial charge in [0.2, 0.25) is 0 Å². The molecule has 1 heterocycles. The average molecular weight is 156 g/mol. The van der Waals surface area contributed by atoms with Crippen molar-refractivity contribution in [2.75, 3.05) is 19.6 Å². The lowest BCUT2D eigenvalue weighted by Crippen LogP contribution is -2.48. The fourth-order valence-corrected chi connectivity index (χ4v) is 1.56. The van der Waals surface area contributed by atoms with E-state index in [1.807, 2.05) is 0 Å². The Balaban J connectivity index is 1.96. The molecular formula is C9H20N2. The molecule has 0 aromatic carbocycles. The summed E-state index contributed by atoms with van der Waals surface area (Å²) in [6.07, 6.45) is 5.45. The normalized spacial score (nSPS) is 25.4. The maximum Gasteiger partial charge on any atom is 0.0193 e. The van der Waals surface area contributed by atoms with Gasteiger partial charge in [0.05, 0.1) is 0 Å². The van der Waals surface area contributed by atoms with Crippen LogP contribution in [-0.4, -0.2) is 25.7 Å². The van der Waals surface area contributed by atoms with Crippen molar-refractivity contribution in [2.24, 2.45) is 0 Å². The molecule has 2 heteroatoms. The van der Waals surface area contributed by atoms with Crippen LogP contribution in [0.1, 0.15) is 32.6 Å². The SMILES string of the molecule is CCCCC[C@H]1CNCCN1. The van der Waals surface area contributed by atoms with Gasteiger partial charge in [-0.2, -0.15) is 0 Å². The van der Waals surface area contributed by atoms with Crippen molar-refractivity contribution in [1.29, 1.82) is 0 Å². The summed E-state index contributed by atoms with van der Waals surface area (Å²) >= 11 is 0. The van der Waals surface area contributed by atoms with Crippen LogP contribution >= 0.6 is 0 Å². The minimum atomic E-state index is 0.746. The Morgan fingerprint density at radius 2 is 2.18 bits per heavy atom. The first-order valence-corrected chi connectivity index (χ1v) is 4.87. The smallest absolute Gasteiger partial charge is 0.0193 e. The summed E-state index contributed by atoms with van der Waals surface area (Å²) in [4.78, 5) is 0. The maximum atomic E-state index is 3.52. The molecule has 0 unspecified atom stereocenters. The molecule has 0 spiro atoms. The highest BCUT2D eigenvalue weighted by Gasteiger charge is 2.09. The van der Waals surface area contributed by atoms with E-state index in [4.69, 9.17) is 0 Å². The van der Waals surface area contributed by atoms with E-state index in [1.54, 1.807) is 0 Å². The third-order valence-corrected chi connectivity index (χ3v) is 2.28. The van der Waals surface area contributed by atoms with Gasteiger partial charge in [-0.15, -0.1) is 0 Å². The van der Waals surface area contributed by atoms with Crippen LogP contribution < -0.4 is 10.6 Å². The number of nitrogens with one attached hydrogen (secondary N) is 2. The van der Waals surface area contributed by atoms with Gasteiger partial charge in [-0.05, 0) is 6.42 Å². The second-order valence-corrected chi connectivity index (χ2v) is 3.35. The third kappa shape index (κ3) is 3.73. The van der Waals surface area contributed by atoms with E-state index >= 15 is 0 Å². The van der Waals surface area contributed by atoms with Crippen molar-refractivity contribution < 1.29 is 0 Å². The monoisotopic (exact) mass is 156 g/mol. The van der Waals surface area contributed by atoms with Crippen molar-refractivity contribution in [3.05, 3.63) is 0 Å². The van der Waals surface area contributed by atoms with Gasteiger partial charge in [-0.1, -0.05) is 26.2 Å². The average Bonchev–Trinajstić information content (AvgIpc) is 2.07. The Morgan fingerprint density at radius 1 is 1.27 bits per heavy atom. The Bertz CT molecular complexity index is 87.6. The van der Waals surface area contributed by atoms with Gasteiger partial charge >= 0.3 is 0 Å². The summed E-state index contributed by atoms with van der Waals surface area (Å²) in [5.41, 5.74) is 0. The fourth-order valence-electron chi connectivity index (χ4n) is 1.56. The summed E-state index contributed by atoms with van der Waals surface area (Å²) in [5, 5.41) is 6.91. The van der Waals surface area contributed by atoms with Gasteiger partial charge in [-0.25, -0.2) is 0 Å². The summed E-state index contributed by atoms with van der Waals surface area (Å²) in [6.45, 7) is 5.72. The van der Waals surface area contributed by atoms with E-state index in [0.29, 0.717) is 0 Å². The molecule has 0 aromatic heterocycles. The zero-order valence-electron chi connectivity index (χ0n) is 7.53. The molecule has 11 heavy (non-hydrogen) atoms. The molecule has 0 aliphatic carbocycles. The van der Waals surface area contributed by atoms with E-state index in [2.05, 4.69) is 17.6 Å². The van der Waals surface area contributed by atoms with Gasteiger partial charge in [-0.3, -0.25) is 0 Å². The van der Waals surface area contributed by atoms with Crippen LogP contribution in [0, 0.1) is 0 Å². The first-order chi connectivity index (χ1) is 5.43. The van der Waals surface area contributed by atoms with Crippen LogP contribution in [0.5, 0.6) is 0 Å². The topological polar surface area (TPSA) is 24.1 Å². The molecular weight excluding hydrogens is 136 g/mol. The number of piperazine rings is 1. The molecule has 0 radical (unpaired) electrons.